The topological polar surface area (TPSA) is 92.3 Å². The molecule has 0 aromatic heterocycles. The molecule has 0 unspecified atom stereocenters. The molecule has 0 aliphatic carbocycles. The van der Waals surface area contributed by atoms with Gasteiger partial charge < -0.3 is 5.32 Å². The van der Waals surface area contributed by atoms with Crippen molar-refractivity contribution >= 4 is 33.1 Å². The highest BCUT2D eigenvalue weighted by Crippen LogP contribution is 2.22. The Morgan fingerprint density at radius 1 is 0.786 bits per heavy atom. The highest BCUT2D eigenvalue weighted by Gasteiger charge is 2.17. The van der Waals surface area contributed by atoms with Crippen LogP contribution in [0.5, 0.6) is 0 Å². The molecule has 0 aliphatic heterocycles. The summed E-state index contributed by atoms with van der Waals surface area (Å²) in [7, 11) is -3.88. The van der Waals surface area contributed by atoms with E-state index in [4.69, 9.17) is 0 Å². The van der Waals surface area contributed by atoms with Gasteiger partial charge in [0.15, 0.2) is 5.78 Å². The summed E-state index contributed by atoms with van der Waals surface area (Å²) in [5.41, 5.74) is 1.48. The summed E-state index contributed by atoms with van der Waals surface area (Å²) in [4.78, 5) is 23.9. The second kappa shape index (κ2) is 8.06. The number of carbonyl (C=O) groups excluding carboxylic acids is 2. The van der Waals surface area contributed by atoms with Crippen molar-refractivity contribution in [3.05, 3.63) is 90.0 Å². The molecule has 6 nitrogen and oxygen atoms in total. The largest absolute Gasteiger partial charge is 0.322 e. The molecule has 3 aromatic carbocycles. The van der Waals surface area contributed by atoms with E-state index in [1.165, 1.54) is 37.3 Å². The predicted molar refractivity (Wildman–Crippen MR) is 108 cm³/mol. The molecular weight excluding hydrogens is 376 g/mol. The molecule has 0 saturated heterocycles. The van der Waals surface area contributed by atoms with Gasteiger partial charge in [-0.1, -0.05) is 30.3 Å². The Bertz CT molecular complexity index is 1110. The third kappa shape index (κ3) is 4.44. The Morgan fingerprint density at radius 2 is 1.39 bits per heavy atom. The van der Waals surface area contributed by atoms with Crippen LogP contribution in [0.1, 0.15) is 27.6 Å². The molecule has 28 heavy (non-hydrogen) atoms. The van der Waals surface area contributed by atoms with Crippen molar-refractivity contribution in [3.63, 3.8) is 0 Å². The molecule has 0 atom stereocenters. The number of nitrogens with one attached hydrogen (secondary N) is 2. The molecule has 3 rings (SSSR count). The zero-order chi connectivity index (χ0) is 20.1. The molecule has 142 valence electrons. The molecule has 3 aromatic rings. The molecule has 2 N–H and O–H groups in total. The fourth-order valence-corrected chi connectivity index (χ4v) is 3.67. The summed E-state index contributed by atoms with van der Waals surface area (Å²) in [6.45, 7) is 1.37. The first kappa shape index (κ1) is 19.3. The summed E-state index contributed by atoms with van der Waals surface area (Å²) < 4.78 is 27.7. The van der Waals surface area contributed by atoms with Crippen LogP contribution in [0.15, 0.2) is 83.8 Å². The molecule has 0 spiro atoms. The number of hydrogen-bond acceptors (Lipinski definition) is 4. The van der Waals surface area contributed by atoms with Crippen LogP contribution in [0, 0.1) is 0 Å². The van der Waals surface area contributed by atoms with E-state index in [1.54, 1.807) is 42.5 Å². The Kier molecular flexibility index (Phi) is 5.56. The fraction of sp³-hybridized carbons (Fsp3) is 0.0476. The number of amides is 1. The van der Waals surface area contributed by atoms with Crippen molar-refractivity contribution in [1.29, 1.82) is 0 Å². The first-order valence-electron chi connectivity index (χ1n) is 8.46. The number of sulfonamides is 1. The molecule has 0 radical (unpaired) electrons. The zero-order valence-electron chi connectivity index (χ0n) is 15.0. The van der Waals surface area contributed by atoms with Gasteiger partial charge in [-0.2, -0.15) is 0 Å². The summed E-state index contributed by atoms with van der Waals surface area (Å²) in [6.07, 6.45) is 0. The van der Waals surface area contributed by atoms with E-state index in [0.29, 0.717) is 11.3 Å². The molecule has 0 bridgehead atoms. The van der Waals surface area contributed by atoms with E-state index < -0.39 is 10.0 Å². The van der Waals surface area contributed by atoms with Crippen LogP contribution in [0.3, 0.4) is 0 Å². The van der Waals surface area contributed by atoms with Crippen LogP contribution in [0.2, 0.25) is 0 Å². The number of rotatable bonds is 6. The zero-order valence-corrected chi connectivity index (χ0v) is 15.9. The van der Waals surface area contributed by atoms with Gasteiger partial charge in [0, 0.05) is 16.8 Å². The number of anilines is 2. The van der Waals surface area contributed by atoms with E-state index in [2.05, 4.69) is 10.0 Å². The summed E-state index contributed by atoms with van der Waals surface area (Å²) in [5, 5.41) is 2.71. The third-order valence-electron chi connectivity index (χ3n) is 4.01. The van der Waals surface area contributed by atoms with Crippen molar-refractivity contribution in [1.82, 2.24) is 0 Å². The van der Waals surface area contributed by atoms with Gasteiger partial charge >= 0.3 is 0 Å². The van der Waals surface area contributed by atoms with Crippen molar-refractivity contribution in [2.24, 2.45) is 0 Å². The van der Waals surface area contributed by atoms with E-state index in [0.717, 1.165) is 0 Å². The van der Waals surface area contributed by atoms with Crippen molar-refractivity contribution in [2.75, 3.05) is 10.0 Å². The quantitative estimate of drug-likeness (QED) is 0.620. The number of ketones is 1. The lowest BCUT2D eigenvalue weighted by Gasteiger charge is -2.12. The van der Waals surface area contributed by atoms with Gasteiger partial charge in [0.05, 0.1) is 10.6 Å². The van der Waals surface area contributed by atoms with Gasteiger partial charge in [0.1, 0.15) is 0 Å². The highest BCUT2D eigenvalue weighted by atomic mass is 32.2. The third-order valence-corrected chi connectivity index (χ3v) is 5.39. The van der Waals surface area contributed by atoms with E-state index in [1.807, 2.05) is 6.07 Å². The Hall–Kier alpha value is -3.45. The lowest BCUT2D eigenvalue weighted by atomic mass is 10.1. The van der Waals surface area contributed by atoms with Gasteiger partial charge in [-0.3, -0.25) is 14.3 Å². The van der Waals surface area contributed by atoms with Crippen LogP contribution in [-0.2, 0) is 10.0 Å². The summed E-state index contributed by atoms with van der Waals surface area (Å²) in [5.74, 6) is -0.526. The van der Waals surface area contributed by atoms with Gasteiger partial charge in [-0.15, -0.1) is 0 Å². The molecule has 0 aliphatic rings. The normalized spacial score (nSPS) is 10.9. The second-order valence-electron chi connectivity index (χ2n) is 6.05. The minimum atomic E-state index is -3.88. The molecule has 0 saturated carbocycles. The number of hydrogen-bond donors (Lipinski definition) is 2. The average Bonchev–Trinajstić information content (AvgIpc) is 2.69. The molecular formula is C21H18N2O4S. The number of Topliss-reactive ketones (excluding diaryl/α,β-unsaturated/α-hetero) is 1. The Balaban J connectivity index is 1.77. The monoisotopic (exact) mass is 394 g/mol. The van der Waals surface area contributed by atoms with Gasteiger partial charge in [-0.05, 0) is 55.5 Å². The Morgan fingerprint density at radius 3 is 2.04 bits per heavy atom. The SMILES string of the molecule is CC(=O)c1ccccc1NS(=O)(=O)c1ccc(NC(=O)c2ccccc2)cc1. The molecule has 1 amide bonds. The number of carbonyl (C=O) groups is 2. The fourth-order valence-electron chi connectivity index (χ4n) is 2.59. The highest BCUT2D eigenvalue weighted by molar-refractivity contribution is 7.92. The van der Waals surface area contributed by atoms with Crippen LogP contribution in [-0.4, -0.2) is 20.1 Å². The second-order valence-corrected chi connectivity index (χ2v) is 7.73. The van der Waals surface area contributed by atoms with E-state index >= 15 is 0 Å². The lowest BCUT2D eigenvalue weighted by molar-refractivity contribution is 0.101. The smallest absolute Gasteiger partial charge is 0.261 e. The molecule has 0 heterocycles. The van der Waals surface area contributed by atoms with Gasteiger partial charge in [-0.25, -0.2) is 8.42 Å². The lowest BCUT2D eigenvalue weighted by Crippen LogP contribution is -2.15. The number of benzene rings is 3. The molecule has 0 fully saturated rings. The molecule has 7 heteroatoms. The first-order valence-corrected chi connectivity index (χ1v) is 9.94. The average molecular weight is 394 g/mol. The standard InChI is InChI=1S/C21H18N2O4S/c1-15(24)19-9-5-6-10-20(19)23-28(26,27)18-13-11-17(12-14-18)22-21(25)16-7-3-2-4-8-16/h2-14,23H,1H3,(H,22,25). The van der Waals surface area contributed by atoms with Crippen LogP contribution in [0.25, 0.3) is 0 Å². The van der Waals surface area contributed by atoms with Gasteiger partial charge in [0.2, 0.25) is 0 Å². The summed E-state index contributed by atoms with van der Waals surface area (Å²) >= 11 is 0. The maximum atomic E-state index is 12.6. The predicted octanol–water partition coefficient (Wildman–Crippen LogP) is 3.94. The van der Waals surface area contributed by atoms with Gasteiger partial charge in [0.25, 0.3) is 15.9 Å². The first-order chi connectivity index (χ1) is 13.4. The van der Waals surface area contributed by atoms with E-state index in [9.17, 15) is 18.0 Å². The van der Waals surface area contributed by atoms with E-state index in [-0.39, 0.29) is 27.8 Å². The minimum absolute atomic E-state index is 0.0172. The van der Waals surface area contributed by atoms with Crippen molar-refractivity contribution in [3.8, 4) is 0 Å². The summed E-state index contributed by atoms with van der Waals surface area (Å²) in [6, 6.07) is 20.9. The van der Waals surface area contributed by atoms with Crippen LogP contribution < -0.4 is 10.0 Å². The Labute approximate surface area is 163 Å². The maximum absolute atomic E-state index is 12.6. The minimum Gasteiger partial charge on any atom is -0.322 e. The van der Waals surface area contributed by atoms with Crippen molar-refractivity contribution in [2.45, 2.75) is 11.8 Å². The number of para-hydroxylation sites is 1. The van der Waals surface area contributed by atoms with Crippen molar-refractivity contribution < 1.29 is 18.0 Å². The maximum Gasteiger partial charge on any atom is 0.261 e. The van der Waals surface area contributed by atoms with Crippen LogP contribution in [0.4, 0.5) is 11.4 Å². The van der Waals surface area contributed by atoms with Crippen LogP contribution >= 0.6 is 0 Å².